The number of sulfonamides is 1. The van der Waals surface area contributed by atoms with Crippen LogP contribution in [-0.4, -0.2) is 78.6 Å². The maximum atomic E-state index is 12.3. The molecule has 0 radical (unpaired) electrons. The van der Waals surface area contributed by atoms with Crippen LogP contribution in [0.15, 0.2) is 17.3 Å². The van der Waals surface area contributed by atoms with Gasteiger partial charge < -0.3 is 10.2 Å². The SMILES string of the molecule is CSCCCNC(=O)N1CCN(S(=O)(=O)c2ccn[nH]2)CC1. The highest BCUT2D eigenvalue weighted by Crippen LogP contribution is 2.14. The molecule has 1 aliphatic heterocycles. The van der Waals surface area contributed by atoms with E-state index in [1.165, 1.54) is 16.6 Å². The highest BCUT2D eigenvalue weighted by molar-refractivity contribution is 7.98. The zero-order chi connectivity index (χ0) is 16.0. The molecule has 2 rings (SSSR count). The first kappa shape index (κ1) is 17.1. The molecule has 0 bridgehead atoms. The van der Waals surface area contributed by atoms with Gasteiger partial charge in [-0.3, -0.25) is 5.10 Å². The van der Waals surface area contributed by atoms with Gasteiger partial charge in [0.1, 0.15) is 0 Å². The van der Waals surface area contributed by atoms with Crippen LogP contribution in [0.3, 0.4) is 0 Å². The van der Waals surface area contributed by atoms with Gasteiger partial charge in [0.25, 0.3) is 10.0 Å². The third kappa shape index (κ3) is 4.14. The van der Waals surface area contributed by atoms with Crippen LogP contribution in [0.5, 0.6) is 0 Å². The number of carbonyl (C=O) groups excluding carboxylic acids is 1. The molecule has 0 saturated carbocycles. The Balaban J connectivity index is 1.82. The van der Waals surface area contributed by atoms with E-state index in [2.05, 4.69) is 15.5 Å². The Labute approximate surface area is 134 Å². The lowest BCUT2D eigenvalue weighted by Gasteiger charge is -2.33. The third-order valence-electron chi connectivity index (χ3n) is 3.42. The van der Waals surface area contributed by atoms with Crippen molar-refractivity contribution in [1.82, 2.24) is 24.7 Å². The summed E-state index contributed by atoms with van der Waals surface area (Å²) in [7, 11) is -3.54. The largest absolute Gasteiger partial charge is 0.338 e. The lowest BCUT2D eigenvalue weighted by molar-refractivity contribution is 0.172. The van der Waals surface area contributed by atoms with Gasteiger partial charge in [-0.15, -0.1) is 0 Å². The van der Waals surface area contributed by atoms with Gasteiger partial charge in [-0.05, 0) is 24.5 Å². The molecule has 124 valence electrons. The Morgan fingerprint density at radius 1 is 1.41 bits per heavy atom. The molecule has 2 amide bonds. The van der Waals surface area contributed by atoms with E-state index in [-0.39, 0.29) is 11.1 Å². The van der Waals surface area contributed by atoms with Crippen molar-refractivity contribution in [2.24, 2.45) is 0 Å². The minimum Gasteiger partial charge on any atom is -0.338 e. The molecule has 0 aromatic carbocycles. The summed E-state index contributed by atoms with van der Waals surface area (Å²) in [6.45, 7) is 2.01. The maximum absolute atomic E-state index is 12.3. The fourth-order valence-corrected chi connectivity index (χ4v) is 3.94. The second-order valence-electron chi connectivity index (χ2n) is 4.89. The molecule has 1 fully saturated rings. The number of hydrogen-bond acceptors (Lipinski definition) is 5. The second kappa shape index (κ2) is 7.84. The number of aromatic amines is 1. The summed E-state index contributed by atoms with van der Waals surface area (Å²) in [6.07, 6.45) is 4.37. The van der Waals surface area contributed by atoms with Crippen molar-refractivity contribution in [2.75, 3.05) is 44.7 Å². The molecule has 1 aromatic heterocycles. The van der Waals surface area contributed by atoms with Gasteiger partial charge in [-0.2, -0.15) is 21.2 Å². The molecule has 8 nitrogen and oxygen atoms in total. The van der Waals surface area contributed by atoms with E-state index < -0.39 is 10.0 Å². The number of piperazine rings is 1. The molecular weight excluding hydrogens is 326 g/mol. The second-order valence-corrected chi connectivity index (χ2v) is 7.78. The molecule has 10 heteroatoms. The molecule has 2 heterocycles. The van der Waals surface area contributed by atoms with Gasteiger partial charge in [-0.1, -0.05) is 0 Å². The standard InChI is InChI=1S/C12H21N5O3S2/c1-21-10-2-4-13-12(18)16-6-8-17(9-7-16)22(19,20)11-3-5-14-15-11/h3,5H,2,4,6-10H2,1H3,(H,13,18)(H,14,15). The van der Waals surface area contributed by atoms with E-state index in [4.69, 9.17) is 0 Å². The summed E-state index contributed by atoms with van der Waals surface area (Å²) < 4.78 is 26.0. The monoisotopic (exact) mass is 347 g/mol. The predicted molar refractivity (Wildman–Crippen MR) is 85.3 cm³/mol. The zero-order valence-electron chi connectivity index (χ0n) is 12.5. The third-order valence-corrected chi connectivity index (χ3v) is 5.95. The smallest absolute Gasteiger partial charge is 0.317 e. The molecule has 0 atom stereocenters. The Hall–Kier alpha value is -1.26. The van der Waals surface area contributed by atoms with Gasteiger partial charge >= 0.3 is 6.03 Å². The van der Waals surface area contributed by atoms with Crippen LogP contribution >= 0.6 is 11.8 Å². The van der Waals surface area contributed by atoms with Crippen LogP contribution in [0.1, 0.15) is 6.42 Å². The molecule has 1 aromatic rings. The Kier molecular flexibility index (Phi) is 6.09. The Morgan fingerprint density at radius 2 is 2.14 bits per heavy atom. The van der Waals surface area contributed by atoms with Crippen LogP contribution < -0.4 is 5.32 Å². The topological polar surface area (TPSA) is 98.4 Å². The summed E-state index contributed by atoms with van der Waals surface area (Å²) in [6, 6.07) is 1.31. The van der Waals surface area contributed by atoms with E-state index in [9.17, 15) is 13.2 Å². The molecule has 1 aliphatic rings. The zero-order valence-corrected chi connectivity index (χ0v) is 14.1. The summed E-state index contributed by atoms with van der Waals surface area (Å²) >= 11 is 1.74. The number of nitrogens with one attached hydrogen (secondary N) is 2. The van der Waals surface area contributed by atoms with Crippen LogP contribution in [0, 0.1) is 0 Å². The molecule has 0 aliphatic carbocycles. The summed E-state index contributed by atoms with van der Waals surface area (Å²) in [5.41, 5.74) is 0. The number of thioether (sulfide) groups is 1. The lowest BCUT2D eigenvalue weighted by atomic mass is 10.4. The molecule has 2 N–H and O–H groups in total. The van der Waals surface area contributed by atoms with Crippen molar-refractivity contribution in [3.05, 3.63) is 12.3 Å². The van der Waals surface area contributed by atoms with Gasteiger partial charge in [0.2, 0.25) is 0 Å². The van der Waals surface area contributed by atoms with Crippen molar-refractivity contribution in [3.8, 4) is 0 Å². The number of aromatic nitrogens is 2. The number of carbonyl (C=O) groups is 1. The average molecular weight is 347 g/mol. The maximum Gasteiger partial charge on any atom is 0.317 e. The summed E-state index contributed by atoms with van der Waals surface area (Å²) in [5, 5.41) is 9.09. The van der Waals surface area contributed by atoms with Crippen molar-refractivity contribution in [2.45, 2.75) is 11.4 Å². The normalized spacial score (nSPS) is 16.7. The number of amides is 2. The van der Waals surface area contributed by atoms with Gasteiger partial charge in [0, 0.05) is 32.7 Å². The van der Waals surface area contributed by atoms with Crippen molar-refractivity contribution in [1.29, 1.82) is 0 Å². The summed E-state index contributed by atoms with van der Waals surface area (Å²) in [5.74, 6) is 1.01. The number of hydrogen-bond donors (Lipinski definition) is 2. The Bertz CT molecular complexity index is 568. The summed E-state index contributed by atoms with van der Waals surface area (Å²) in [4.78, 5) is 13.6. The van der Waals surface area contributed by atoms with Gasteiger partial charge in [0.05, 0.1) is 6.20 Å². The number of nitrogens with zero attached hydrogens (tertiary/aromatic N) is 3. The number of rotatable bonds is 6. The Morgan fingerprint density at radius 3 is 2.73 bits per heavy atom. The van der Waals surface area contributed by atoms with Crippen LogP contribution in [-0.2, 0) is 10.0 Å². The first-order valence-corrected chi connectivity index (χ1v) is 9.90. The minimum atomic E-state index is -3.54. The molecule has 1 saturated heterocycles. The van der Waals surface area contributed by atoms with E-state index in [1.54, 1.807) is 16.7 Å². The van der Waals surface area contributed by atoms with Crippen LogP contribution in [0.2, 0.25) is 0 Å². The lowest BCUT2D eigenvalue weighted by Crippen LogP contribution is -2.53. The predicted octanol–water partition coefficient (Wildman–Crippen LogP) is 0.179. The fraction of sp³-hybridized carbons (Fsp3) is 0.667. The first-order chi connectivity index (χ1) is 10.6. The van der Waals surface area contributed by atoms with Gasteiger partial charge in [-0.25, -0.2) is 13.2 Å². The highest BCUT2D eigenvalue weighted by atomic mass is 32.2. The highest BCUT2D eigenvalue weighted by Gasteiger charge is 2.30. The average Bonchev–Trinajstić information content (AvgIpc) is 3.07. The van der Waals surface area contributed by atoms with Crippen molar-refractivity contribution in [3.63, 3.8) is 0 Å². The van der Waals surface area contributed by atoms with E-state index >= 15 is 0 Å². The molecule has 22 heavy (non-hydrogen) atoms. The molecule has 0 spiro atoms. The fourth-order valence-electron chi connectivity index (χ4n) is 2.18. The van der Waals surface area contributed by atoms with Gasteiger partial charge in [0.15, 0.2) is 5.03 Å². The molecular formula is C12H21N5O3S2. The van der Waals surface area contributed by atoms with E-state index in [0.29, 0.717) is 32.7 Å². The number of H-pyrrole nitrogens is 1. The number of urea groups is 1. The molecule has 0 unspecified atom stereocenters. The van der Waals surface area contributed by atoms with Crippen molar-refractivity contribution >= 4 is 27.8 Å². The van der Waals surface area contributed by atoms with E-state index in [1.807, 2.05) is 6.26 Å². The van der Waals surface area contributed by atoms with Crippen molar-refractivity contribution < 1.29 is 13.2 Å². The van der Waals surface area contributed by atoms with Crippen LogP contribution in [0.25, 0.3) is 0 Å². The minimum absolute atomic E-state index is 0.0856. The van der Waals surface area contributed by atoms with Crippen LogP contribution in [0.4, 0.5) is 4.79 Å². The van der Waals surface area contributed by atoms with E-state index in [0.717, 1.165) is 12.2 Å². The first-order valence-electron chi connectivity index (χ1n) is 7.07. The quantitative estimate of drug-likeness (QED) is 0.715.